The van der Waals surface area contributed by atoms with Gasteiger partial charge in [-0.1, -0.05) is 29.3 Å². The second-order valence-electron chi connectivity index (χ2n) is 5.87. The van der Waals surface area contributed by atoms with Crippen molar-refractivity contribution in [1.82, 2.24) is 4.90 Å². The Hall–Kier alpha value is -0.810. The van der Waals surface area contributed by atoms with Gasteiger partial charge in [0.25, 0.3) is 5.91 Å². The predicted molar refractivity (Wildman–Crippen MR) is 89.1 cm³/mol. The van der Waals surface area contributed by atoms with Crippen LogP contribution in [0.5, 0.6) is 0 Å². The van der Waals surface area contributed by atoms with E-state index in [1.54, 1.807) is 12.1 Å². The maximum atomic E-state index is 12.7. The van der Waals surface area contributed by atoms with Gasteiger partial charge in [-0.15, -0.1) is 0 Å². The molecule has 0 aromatic heterocycles. The highest BCUT2D eigenvalue weighted by atomic mass is 35.5. The van der Waals surface area contributed by atoms with E-state index in [1.807, 2.05) is 24.8 Å². The molecule has 1 aliphatic heterocycles. The Labute approximate surface area is 141 Å². The lowest BCUT2D eigenvalue weighted by Crippen LogP contribution is -2.43. The molecule has 0 aliphatic carbocycles. The summed E-state index contributed by atoms with van der Waals surface area (Å²) in [7, 11) is 0. The molecule has 1 aliphatic rings. The molecular formula is C16H22Cl2N2O2. The fraction of sp³-hybridized carbons (Fsp3) is 0.562. The van der Waals surface area contributed by atoms with E-state index in [4.69, 9.17) is 33.7 Å². The van der Waals surface area contributed by atoms with Gasteiger partial charge in [0.05, 0.1) is 16.1 Å². The second kappa shape index (κ2) is 7.64. The molecular weight excluding hydrogens is 323 g/mol. The van der Waals surface area contributed by atoms with Crippen molar-refractivity contribution in [2.75, 3.05) is 6.54 Å². The van der Waals surface area contributed by atoms with Gasteiger partial charge in [-0.3, -0.25) is 4.79 Å². The number of hydrogen-bond acceptors (Lipinski definition) is 3. The van der Waals surface area contributed by atoms with Crippen LogP contribution >= 0.6 is 23.2 Å². The van der Waals surface area contributed by atoms with Gasteiger partial charge in [-0.05, 0) is 44.4 Å². The van der Waals surface area contributed by atoms with E-state index in [2.05, 4.69) is 0 Å². The summed E-state index contributed by atoms with van der Waals surface area (Å²) < 4.78 is 5.72. The maximum Gasteiger partial charge on any atom is 0.252 e. The Bertz CT molecular complexity index is 537. The van der Waals surface area contributed by atoms with Crippen LogP contribution in [0.2, 0.25) is 10.0 Å². The molecule has 1 amide bonds. The highest BCUT2D eigenvalue weighted by molar-refractivity contribution is 6.42. The molecule has 0 saturated carbocycles. The lowest BCUT2D eigenvalue weighted by atomic mass is 10.1. The van der Waals surface area contributed by atoms with Crippen LogP contribution in [-0.4, -0.2) is 35.6 Å². The largest absolute Gasteiger partial charge is 0.364 e. The monoisotopic (exact) mass is 344 g/mol. The van der Waals surface area contributed by atoms with Crippen LogP contribution in [0.15, 0.2) is 18.2 Å². The number of carbonyl (C=O) groups is 1. The highest BCUT2D eigenvalue weighted by Gasteiger charge is 2.33. The van der Waals surface area contributed by atoms with Crippen LogP contribution in [0.3, 0.4) is 0 Å². The molecule has 6 heteroatoms. The van der Waals surface area contributed by atoms with Crippen molar-refractivity contribution in [1.29, 1.82) is 0 Å². The minimum Gasteiger partial charge on any atom is -0.364 e. The molecule has 4 nitrogen and oxygen atoms in total. The summed E-state index contributed by atoms with van der Waals surface area (Å²) in [6.07, 6.45) is 1.17. The summed E-state index contributed by atoms with van der Waals surface area (Å²) in [4.78, 5) is 14.5. The predicted octanol–water partition coefficient (Wildman–Crippen LogP) is 3.24. The zero-order valence-electron chi connectivity index (χ0n) is 12.9. The van der Waals surface area contributed by atoms with Gasteiger partial charge in [0.2, 0.25) is 0 Å². The first-order valence-electron chi connectivity index (χ1n) is 7.52. The minimum atomic E-state index is -0.390. The third kappa shape index (κ3) is 4.13. The Morgan fingerprint density at radius 2 is 2.09 bits per heavy atom. The van der Waals surface area contributed by atoms with Crippen molar-refractivity contribution in [3.05, 3.63) is 33.8 Å². The Morgan fingerprint density at radius 1 is 1.36 bits per heavy atom. The van der Waals surface area contributed by atoms with E-state index in [9.17, 15) is 4.79 Å². The van der Waals surface area contributed by atoms with Crippen molar-refractivity contribution >= 4 is 29.1 Å². The van der Waals surface area contributed by atoms with E-state index < -0.39 is 6.10 Å². The standard InChI is InChI=1S/C16H22Cl2N2O2/c1-10(2)20(9-11-3-5-13(17)14(18)7-11)16(21)15-6-4-12(8-19)22-15/h3,5,7,10,12,15H,4,6,8-9,19H2,1-2H3/t12-,15+/m1/s1. The molecule has 2 atom stereocenters. The summed E-state index contributed by atoms with van der Waals surface area (Å²) in [5.74, 6) is 0.0111. The molecule has 1 fully saturated rings. The number of ether oxygens (including phenoxy) is 1. The van der Waals surface area contributed by atoms with Crippen LogP contribution in [0.4, 0.5) is 0 Å². The lowest BCUT2D eigenvalue weighted by molar-refractivity contribution is -0.145. The first-order chi connectivity index (χ1) is 10.4. The van der Waals surface area contributed by atoms with E-state index in [0.717, 1.165) is 18.4 Å². The number of carbonyl (C=O) groups excluding carboxylic acids is 1. The average Bonchev–Trinajstić information content (AvgIpc) is 2.96. The summed E-state index contributed by atoms with van der Waals surface area (Å²) in [6.45, 7) is 4.92. The molecule has 2 rings (SSSR count). The van der Waals surface area contributed by atoms with E-state index in [1.165, 1.54) is 0 Å². The molecule has 122 valence electrons. The van der Waals surface area contributed by atoms with Crippen molar-refractivity contribution < 1.29 is 9.53 Å². The fourth-order valence-corrected chi connectivity index (χ4v) is 2.92. The molecule has 2 N–H and O–H groups in total. The zero-order chi connectivity index (χ0) is 16.3. The van der Waals surface area contributed by atoms with Crippen LogP contribution in [-0.2, 0) is 16.1 Å². The third-order valence-corrected chi connectivity index (χ3v) is 4.63. The zero-order valence-corrected chi connectivity index (χ0v) is 14.4. The van der Waals surface area contributed by atoms with Gasteiger partial charge in [0, 0.05) is 19.1 Å². The van der Waals surface area contributed by atoms with Crippen LogP contribution in [0.1, 0.15) is 32.3 Å². The average molecular weight is 345 g/mol. The number of nitrogens with zero attached hydrogens (tertiary/aromatic N) is 1. The smallest absolute Gasteiger partial charge is 0.252 e. The van der Waals surface area contributed by atoms with Gasteiger partial charge in [0.15, 0.2) is 0 Å². The molecule has 22 heavy (non-hydrogen) atoms. The summed E-state index contributed by atoms with van der Waals surface area (Å²) in [5, 5.41) is 1.01. The Morgan fingerprint density at radius 3 is 2.64 bits per heavy atom. The second-order valence-corrected chi connectivity index (χ2v) is 6.68. The van der Waals surface area contributed by atoms with Gasteiger partial charge < -0.3 is 15.4 Å². The van der Waals surface area contributed by atoms with Crippen LogP contribution < -0.4 is 5.73 Å². The molecule has 0 bridgehead atoms. The number of nitrogens with two attached hydrogens (primary N) is 1. The molecule has 1 heterocycles. The van der Waals surface area contributed by atoms with E-state index >= 15 is 0 Å². The summed E-state index contributed by atoms with van der Waals surface area (Å²) >= 11 is 12.0. The molecule has 0 radical (unpaired) electrons. The number of hydrogen-bond donors (Lipinski definition) is 1. The van der Waals surface area contributed by atoms with Crippen LogP contribution in [0, 0.1) is 0 Å². The summed E-state index contributed by atoms with van der Waals surface area (Å²) in [5.41, 5.74) is 6.56. The molecule has 1 saturated heterocycles. The van der Waals surface area contributed by atoms with Gasteiger partial charge >= 0.3 is 0 Å². The minimum absolute atomic E-state index is 0.00654. The van der Waals surface area contributed by atoms with Crippen molar-refractivity contribution in [3.63, 3.8) is 0 Å². The Kier molecular flexibility index (Phi) is 6.09. The van der Waals surface area contributed by atoms with Crippen molar-refractivity contribution in [2.24, 2.45) is 5.73 Å². The normalized spacial score (nSPS) is 21.4. The lowest BCUT2D eigenvalue weighted by Gasteiger charge is -2.29. The summed E-state index contributed by atoms with van der Waals surface area (Å²) in [6, 6.07) is 5.50. The topological polar surface area (TPSA) is 55.6 Å². The maximum absolute atomic E-state index is 12.7. The van der Waals surface area contributed by atoms with E-state index in [0.29, 0.717) is 23.1 Å². The fourth-order valence-electron chi connectivity index (χ4n) is 2.60. The van der Waals surface area contributed by atoms with E-state index in [-0.39, 0.29) is 18.1 Å². The number of rotatable bonds is 5. The first kappa shape index (κ1) is 17.5. The third-order valence-electron chi connectivity index (χ3n) is 3.89. The SMILES string of the molecule is CC(C)N(Cc1ccc(Cl)c(Cl)c1)C(=O)[C@@H]1CC[C@H](CN)O1. The molecule has 0 spiro atoms. The number of amides is 1. The number of halogens is 2. The van der Waals surface area contributed by atoms with Crippen LogP contribution in [0.25, 0.3) is 0 Å². The molecule has 0 unspecified atom stereocenters. The van der Waals surface area contributed by atoms with Gasteiger partial charge in [0.1, 0.15) is 6.10 Å². The number of benzene rings is 1. The van der Waals surface area contributed by atoms with Gasteiger partial charge in [-0.2, -0.15) is 0 Å². The highest BCUT2D eigenvalue weighted by Crippen LogP contribution is 2.25. The van der Waals surface area contributed by atoms with Crippen molar-refractivity contribution in [2.45, 2.75) is 51.5 Å². The first-order valence-corrected chi connectivity index (χ1v) is 8.28. The Balaban J connectivity index is 2.09. The van der Waals surface area contributed by atoms with Gasteiger partial charge in [-0.25, -0.2) is 0 Å². The molecule has 1 aromatic carbocycles. The quantitative estimate of drug-likeness (QED) is 0.891. The molecule has 1 aromatic rings. The van der Waals surface area contributed by atoms with Crippen molar-refractivity contribution in [3.8, 4) is 0 Å².